The molecule has 2 atom stereocenters. The predicted octanol–water partition coefficient (Wildman–Crippen LogP) is 7.96. The SMILES string of the molecule is O=c1oc2ccccc2c(O)c1C1C[C@H](c2ccc(OCc3ccc(C(F)(F)F)cc3)cc2)Cc2ccccc21. The zero-order valence-electron chi connectivity index (χ0n) is 21.3. The first-order valence-electron chi connectivity index (χ1n) is 13.0. The van der Waals surface area contributed by atoms with Gasteiger partial charge in [0.25, 0.3) is 0 Å². The molecule has 202 valence electrons. The Kier molecular flexibility index (Phi) is 6.58. The van der Waals surface area contributed by atoms with Crippen molar-refractivity contribution in [1.29, 1.82) is 0 Å². The number of ether oxygens (including phenoxy) is 1. The molecule has 5 aromatic rings. The van der Waals surface area contributed by atoms with Gasteiger partial charge in [0.1, 0.15) is 23.7 Å². The molecule has 1 aromatic heterocycles. The highest BCUT2D eigenvalue weighted by atomic mass is 19.4. The van der Waals surface area contributed by atoms with Crippen molar-refractivity contribution < 1.29 is 27.4 Å². The van der Waals surface area contributed by atoms with E-state index >= 15 is 0 Å². The standard InChI is InChI=1S/C33H25F3O4/c34-33(35,36)24-13-9-20(10-14-24)19-39-25-15-11-21(12-16-25)23-17-22-5-1-2-6-26(22)28(18-23)30-31(37)27-7-3-4-8-29(27)40-32(30)38/h1-16,23,28,37H,17-19H2/t23-,28?/m1/s1. The highest BCUT2D eigenvalue weighted by Crippen LogP contribution is 2.45. The second-order valence-corrected chi connectivity index (χ2v) is 10.1. The van der Waals surface area contributed by atoms with Crippen LogP contribution in [0.2, 0.25) is 0 Å². The molecule has 0 bridgehead atoms. The molecule has 0 saturated heterocycles. The van der Waals surface area contributed by atoms with E-state index < -0.39 is 17.4 Å². The van der Waals surface area contributed by atoms with E-state index in [9.17, 15) is 23.1 Å². The largest absolute Gasteiger partial charge is 0.507 e. The highest BCUT2D eigenvalue weighted by molar-refractivity contribution is 5.84. The second-order valence-electron chi connectivity index (χ2n) is 10.1. The smallest absolute Gasteiger partial charge is 0.416 e. The van der Waals surface area contributed by atoms with Crippen LogP contribution < -0.4 is 10.4 Å². The molecular weight excluding hydrogens is 517 g/mol. The van der Waals surface area contributed by atoms with E-state index in [1.165, 1.54) is 12.1 Å². The number of benzene rings is 4. The average molecular weight is 543 g/mol. The summed E-state index contributed by atoms with van der Waals surface area (Å²) < 4.78 is 49.8. The number of hydrogen-bond acceptors (Lipinski definition) is 4. The van der Waals surface area contributed by atoms with Gasteiger partial charge in [-0.3, -0.25) is 0 Å². The zero-order chi connectivity index (χ0) is 27.9. The van der Waals surface area contributed by atoms with Gasteiger partial charge in [0.2, 0.25) is 0 Å². The third-order valence-electron chi connectivity index (χ3n) is 7.62. The molecule has 0 radical (unpaired) electrons. The van der Waals surface area contributed by atoms with E-state index in [1.54, 1.807) is 24.3 Å². The number of halogens is 3. The lowest BCUT2D eigenvalue weighted by Gasteiger charge is -2.32. The third-order valence-corrected chi connectivity index (χ3v) is 7.62. The fourth-order valence-electron chi connectivity index (χ4n) is 5.60. The Morgan fingerprint density at radius 3 is 2.33 bits per heavy atom. The van der Waals surface area contributed by atoms with Crippen molar-refractivity contribution in [1.82, 2.24) is 0 Å². The summed E-state index contributed by atoms with van der Waals surface area (Å²) in [5.74, 6) is 0.295. The van der Waals surface area contributed by atoms with E-state index in [0.717, 1.165) is 35.2 Å². The number of aromatic hydroxyl groups is 1. The molecule has 1 heterocycles. The second kappa shape index (κ2) is 10.2. The Labute approximate surface area is 228 Å². The first-order chi connectivity index (χ1) is 19.3. The van der Waals surface area contributed by atoms with Gasteiger partial charge in [0.05, 0.1) is 16.5 Å². The topological polar surface area (TPSA) is 59.7 Å². The summed E-state index contributed by atoms with van der Waals surface area (Å²) in [6.07, 6.45) is -2.98. The Hall–Kier alpha value is -4.52. The van der Waals surface area contributed by atoms with Crippen LogP contribution in [0.1, 0.15) is 51.6 Å². The molecule has 0 amide bonds. The average Bonchev–Trinajstić information content (AvgIpc) is 2.96. The molecule has 1 aliphatic carbocycles. The van der Waals surface area contributed by atoms with Gasteiger partial charge in [-0.2, -0.15) is 13.2 Å². The lowest BCUT2D eigenvalue weighted by molar-refractivity contribution is -0.137. The van der Waals surface area contributed by atoms with Gasteiger partial charge in [0, 0.05) is 5.92 Å². The van der Waals surface area contributed by atoms with Crippen LogP contribution >= 0.6 is 0 Å². The van der Waals surface area contributed by atoms with Gasteiger partial charge >= 0.3 is 11.8 Å². The van der Waals surface area contributed by atoms with Crippen molar-refractivity contribution in [3.05, 3.63) is 141 Å². The van der Waals surface area contributed by atoms with Crippen LogP contribution in [0, 0.1) is 0 Å². The molecule has 4 aromatic carbocycles. The molecule has 0 aliphatic heterocycles. The van der Waals surface area contributed by atoms with E-state index in [0.29, 0.717) is 28.7 Å². The van der Waals surface area contributed by atoms with Crippen molar-refractivity contribution in [3.63, 3.8) is 0 Å². The number of rotatable bonds is 5. The highest BCUT2D eigenvalue weighted by Gasteiger charge is 2.33. The minimum absolute atomic E-state index is 0.0423. The molecule has 0 saturated carbocycles. The predicted molar refractivity (Wildman–Crippen MR) is 146 cm³/mol. The van der Waals surface area contributed by atoms with Gasteiger partial charge in [-0.05, 0) is 77.4 Å². The molecular formula is C33H25F3O4. The van der Waals surface area contributed by atoms with Crippen LogP contribution in [0.3, 0.4) is 0 Å². The lowest BCUT2D eigenvalue weighted by Crippen LogP contribution is -2.23. The van der Waals surface area contributed by atoms with Gasteiger partial charge in [-0.15, -0.1) is 0 Å². The van der Waals surface area contributed by atoms with Crippen LogP contribution in [0.15, 0.2) is 106 Å². The third kappa shape index (κ3) is 4.95. The Balaban J connectivity index is 1.24. The fourth-order valence-corrected chi connectivity index (χ4v) is 5.60. The maximum atomic E-state index is 13.1. The van der Waals surface area contributed by atoms with Gasteiger partial charge in [0.15, 0.2) is 0 Å². The Bertz CT molecular complexity index is 1720. The molecule has 1 aliphatic rings. The summed E-state index contributed by atoms with van der Waals surface area (Å²) >= 11 is 0. The lowest BCUT2D eigenvalue weighted by atomic mass is 9.72. The number of para-hydroxylation sites is 1. The summed E-state index contributed by atoms with van der Waals surface area (Å²) in [5, 5.41) is 11.7. The fraction of sp³-hybridized carbons (Fsp3) is 0.182. The molecule has 0 spiro atoms. The molecule has 7 heteroatoms. The Morgan fingerprint density at radius 2 is 1.57 bits per heavy atom. The van der Waals surface area contributed by atoms with Gasteiger partial charge in [-0.25, -0.2) is 4.79 Å². The summed E-state index contributed by atoms with van der Waals surface area (Å²) in [7, 11) is 0. The van der Waals surface area contributed by atoms with Crippen LogP contribution in [-0.2, 0) is 19.2 Å². The zero-order valence-corrected chi connectivity index (χ0v) is 21.3. The van der Waals surface area contributed by atoms with Gasteiger partial charge < -0.3 is 14.3 Å². The molecule has 4 nitrogen and oxygen atoms in total. The summed E-state index contributed by atoms with van der Waals surface area (Å²) in [4.78, 5) is 13.1. The van der Waals surface area contributed by atoms with E-state index in [2.05, 4.69) is 6.07 Å². The van der Waals surface area contributed by atoms with E-state index in [4.69, 9.17) is 9.15 Å². The van der Waals surface area contributed by atoms with E-state index in [1.807, 2.05) is 42.5 Å². The normalized spacial score (nSPS) is 17.0. The summed E-state index contributed by atoms with van der Waals surface area (Å²) in [5.41, 5.74) is 3.20. The van der Waals surface area contributed by atoms with Crippen molar-refractivity contribution >= 4 is 11.0 Å². The first kappa shape index (κ1) is 25.7. The van der Waals surface area contributed by atoms with Crippen LogP contribution in [0.4, 0.5) is 13.2 Å². The summed E-state index contributed by atoms with van der Waals surface area (Å²) in [6, 6.07) is 27.5. The van der Waals surface area contributed by atoms with Crippen molar-refractivity contribution in [2.75, 3.05) is 0 Å². The minimum Gasteiger partial charge on any atom is -0.507 e. The van der Waals surface area contributed by atoms with Crippen molar-refractivity contribution in [2.24, 2.45) is 0 Å². The van der Waals surface area contributed by atoms with Crippen molar-refractivity contribution in [3.8, 4) is 11.5 Å². The maximum Gasteiger partial charge on any atom is 0.416 e. The van der Waals surface area contributed by atoms with Crippen LogP contribution in [0.25, 0.3) is 11.0 Å². The minimum atomic E-state index is -4.37. The molecule has 0 fully saturated rings. The quantitative estimate of drug-likeness (QED) is 0.229. The number of hydrogen-bond donors (Lipinski definition) is 1. The van der Waals surface area contributed by atoms with Crippen molar-refractivity contribution in [2.45, 2.75) is 37.5 Å². The maximum absolute atomic E-state index is 13.1. The molecule has 6 rings (SSSR count). The number of fused-ring (bicyclic) bond motifs is 2. The first-order valence-corrected chi connectivity index (χ1v) is 13.0. The molecule has 40 heavy (non-hydrogen) atoms. The molecule has 1 N–H and O–H groups in total. The number of alkyl halides is 3. The van der Waals surface area contributed by atoms with Crippen LogP contribution in [-0.4, -0.2) is 5.11 Å². The van der Waals surface area contributed by atoms with E-state index in [-0.39, 0.29) is 29.8 Å². The molecule has 1 unspecified atom stereocenters. The van der Waals surface area contributed by atoms with Gasteiger partial charge in [-0.1, -0.05) is 60.7 Å². The summed E-state index contributed by atoms with van der Waals surface area (Å²) in [6.45, 7) is 0.146. The van der Waals surface area contributed by atoms with Crippen LogP contribution in [0.5, 0.6) is 11.5 Å². The monoisotopic (exact) mass is 542 g/mol. The Morgan fingerprint density at radius 1 is 0.875 bits per heavy atom.